The standard InChI is InChI=1S/C29H35N7O5/c1-29(2,3)24(36-16-22(26(31)39)33-34-36)28(41)35-15-20(37)14-23(35)27(40)32-21(25(30)38)13-17-9-11-19(12-10-17)18-7-5-4-6-8-18/h4-12,16,20-21,23-24,37H,13-15H2,1-3H3,(H2,30,38)(H2,31,39)(H,32,40)/t20-,21-,23+,24-/m1/s1. The number of hydrogen-bond donors (Lipinski definition) is 4. The number of carbonyl (C=O) groups is 4. The quantitative estimate of drug-likeness (QED) is 0.297. The minimum atomic E-state index is -1.05. The van der Waals surface area contributed by atoms with E-state index in [2.05, 4.69) is 15.6 Å². The molecule has 4 rings (SSSR count). The van der Waals surface area contributed by atoms with Gasteiger partial charge in [-0.3, -0.25) is 19.2 Å². The summed E-state index contributed by atoms with van der Waals surface area (Å²) in [6.07, 6.45) is 0.461. The Hall–Kier alpha value is -4.58. The molecule has 0 radical (unpaired) electrons. The molecule has 2 aromatic carbocycles. The van der Waals surface area contributed by atoms with Gasteiger partial charge < -0.3 is 26.8 Å². The van der Waals surface area contributed by atoms with Crippen molar-refractivity contribution in [3.05, 3.63) is 72.1 Å². The van der Waals surface area contributed by atoms with Gasteiger partial charge >= 0.3 is 0 Å². The molecule has 1 aliphatic rings. The van der Waals surface area contributed by atoms with E-state index in [1.165, 1.54) is 15.8 Å². The van der Waals surface area contributed by atoms with E-state index in [1.54, 1.807) is 20.8 Å². The van der Waals surface area contributed by atoms with E-state index < -0.39 is 53.3 Å². The van der Waals surface area contributed by atoms with Crippen molar-refractivity contribution in [3.8, 4) is 11.1 Å². The van der Waals surface area contributed by atoms with E-state index in [9.17, 15) is 24.3 Å². The van der Waals surface area contributed by atoms with Crippen molar-refractivity contribution < 1.29 is 24.3 Å². The number of hydrogen-bond acceptors (Lipinski definition) is 7. The Labute approximate surface area is 237 Å². The monoisotopic (exact) mass is 561 g/mol. The van der Waals surface area contributed by atoms with Crippen molar-refractivity contribution in [1.82, 2.24) is 25.2 Å². The van der Waals surface area contributed by atoms with Crippen LogP contribution in [0.1, 0.15) is 49.3 Å². The molecule has 1 fully saturated rings. The highest BCUT2D eigenvalue weighted by Gasteiger charge is 2.45. The number of rotatable bonds is 9. The van der Waals surface area contributed by atoms with Crippen molar-refractivity contribution in [3.63, 3.8) is 0 Å². The van der Waals surface area contributed by atoms with Gasteiger partial charge in [0.2, 0.25) is 17.7 Å². The van der Waals surface area contributed by atoms with Gasteiger partial charge in [-0.15, -0.1) is 5.10 Å². The molecule has 0 unspecified atom stereocenters. The lowest BCUT2D eigenvalue weighted by Gasteiger charge is -2.34. The molecule has 2 heterocycles. The van der Waals surface area contributed by atoms with Gasteiger partial charge in [-0.05, 0) is 22.1 Å². The van der Waals surface area contributed by atoms with Crippen LogP contribution in [-0.2, 0) is 20.8 Å². The first kappa shape index (κ1) is 29.4. The molecule has 0 spiro atoms. The SMILES string of the molecule is CC(C)(C)[C@@H](C(=O)N1C[C@H](O)C[C@H]1C(=O)N[C@H](Cc1ccc(-c2ccccc2)cc1)C(N)=O)n1cc(C(N)=O)nn1. The van der Waals surface area contributed by atoms with Crippen LogP contribution in [0, 0.1) is 5.41 Å². The van der Waals surface area contributed by atoms with E-state index in [-0.39, 0.29) is 25.1 Å². The molecule has 3 aromatic rings. The fourth-order valence-corrected chi connectivity index (χ4v) is 5.05. The third kappa shape index (κ3) is 6.77. The number of likely N-dealkylation sites (tertiary alicyclic amines) is 1. The second-order valence-corrected chi connectivity index (χ2v) is 11.3. The zero-order chi connectivity index (χ0) is 29.9. The Morgan fingerprint density at radius 3 is 2.22 bits per heavy atom. The molecule has 41 heavy (non-hydrogen) atoms. The first-order valence-electron chi connectivity index (χ1n) is 13.3. The first-order valence-corrected chi connectivity index (χ1v) is 13.3. The number of β-amino-alcohol motifs (C(OH)–C–C–N with tert-alkyl or cyclic N) is 1. The number of nitrogens with zero attached hydrogens (tertiary/aromatic N) is 4. The van der Waals surface area contributed by atoms with Crippen LogP contribution in [0.15, 0.2) is 60.8 Å². The van der Waals surface area contributed by atoms with E-state index in [0.717, 1.165) is 16.7 Å². The van der Waals surface area contributed by atoms with Crippen LogP contribution in [0.4, 0.5) is 0 Å². The van der Waals surface area contributed by atoms with E-state index in [0.29, 0.717) is 0 Å². The highest BCUT2D eigenvalue weighted by Crippen LogP contribution is 2.34. The summed E-state index contributed by atoms with van der Waals surface area (Å²) < 4.78 is 1.24. The lowest BCUT2D eigenvalue weighted by atomic mass is 9.85. The number of aliphatic hydroxyl groups is 1. The molecule has 0 saturated carbocycles. The van der Waals surface area contributed by atoms with Crippen LogP contribution >= 0.6 is 0 Å². The van der Waals surface area contributed by atoms with E-state index in [4.69, 9.17) is 11.5 Å². The van der Waals surface area contributed by atoms with Crippen molar-refractivity contribution in [2.45, 2.75) is 57.8 Å². The van der Waals surface area contributed by atoms with Crippen LogP contribution in [0.25, 0.3) is 11.1 Å². The summed E-state index contributed by atoms with van der Waals surface area (Å²) in [5.74, 6) is -2.63. The number of primary amides is 2. The molecule has 0 aliphatic carbocycles. The van der Waals surface area contributed by atoms with Crippen molar-refractivity contribution >= 4 is 23.6 Å². The summed E-state index contributed by atoms with van der Waals surface area (Å²) in [6, 6.07) is 14.4. The Kier molecular flexibility index (Phi) is 8.52. The highest BCUT2D eigenvalue weighted by molar-refractivity contribution is 5.93. The van der Waals surface area contributed by atoms with E-state index >= 15 is 0 Å². The number of nitrogens with one attached hydrogen (secondary N) is 1. The third-order valence-corrected chi connectivity index (χ3v) is 7.11. The summed E-state index contributed by atoms with van der Waals surface area (Å²) in [4.78, 5) is 52.4. The maximum absolute atomic E-state index is 13.8. The number of aliphatic hydroxyl groups excluding tert-OH is 1. The van der Waals surface area contributed by atoms with Gasteiger partial charge in [0.05, 0.1) is 12.3 Å². The zero-order valence-corrected chi connectivity index (χ0v) is 23.2. The van der Waals surface area contributed by atoms with Gasteiger partial charge in [0, 0.05) is 19.4 Å². The minimum absolute atomic E-state index is 0.0183. The molecule has 1 aliphatic heterocycles. The van der Waals surface area contributed by atoms with Gasteiger partial charge in [-0.25, -0.2) is 4.68 Å². The lowest BCUT2D eigenvalue weighted by Crippen LogP contribution is -2.54. The predicted molar refractivity (Wildman–Crippen MR) is 150 cm³/mol. The Morgan fingerprint density at radius 1 is 1.02 bits per heavy atom. The van der Waals surface area contributed by atoms with Gasteiger partial charge in [0.1, 0.15) is 18.1 Å². The molecule has 4 atom stereocenters. The maximum atomic E-state index is 13.8. The van der Waals surface area contributed by atoms with Gasteiger partial charge in [-0.1, -0.05) is 80.6 Å². The largest absolute Gasteiger partial charge is 0.391 e. The van der Waals surface area contributed by atoms with E-state index in [1.807, 2.05) is 54.6 Å². The second-order valence-electron chi connectivity index (χ2n) is 11.3. The topological polar surface area (TPSA) is 187 Å². The molecule has 0 bridgehead atoms. The summed E-state index contributed by atoms with van der Waals surface area (Å²) in [6.45, 7) is 5.31. The van der Waals surface area contributed by atoms with Crippen LogP contribution < -0.4 is 16.8 Å². The molecule has 6 N–H and O–H groups in total. The Bertz CT molecular complexity index is 1420. The lowest BCUT2D eigenvalue weighted by molar-refractivity contribution is -0.144. The molecule has 12 heteroatoms. The minimum Gasteiger partial charge on any atom is -0.391 e. The first-order chi connectivity index (χ1) is 19.3. The molecular formula is C29H35N7O5. The molecular weight excluding hydrogens is 526 g/mol. The van der Waals surface area contributed by atoms with Gasteiger partial charge in [-0.2, -0.15) is 0 Å². The smallest absolute Gasteiger partial charge is 0.270 e. The number of amides is 4. The van der Waals surface area contributed by atoms with Crippen LogP contribution in [-0.4, -0.2) is 73.4 Å². The molecule has 1 saturated heterocycles. The van der Waals surface area contributed by atoms with Gasteiger partial charge in [0.25, 0.3) is 5.91 Å². The highest BCUT2D eigenvalue weighted by atomic mass is 16.3. The summed E-state index contributed by atoms with van der Waals surface area (Å²) in [7, 11) is 0. The van der Waals surface area contributed by atoms with Crippen LogP contribution in [0.2, 0.25) is 0 Å². The van der Waals surface area contributed by atoms with Crippen molar-refractivity contribution in [2.24, 2.45) is 16.9 Å². The van der Waals surface area contributed by atoms with Crippen molar-refractivity contribution in [2.75, 3.05) is 6.54 Å². The fraction of sp³-hybridized carbons (Fsp3) is 0.379. The van der Waals surface area contributed by atoms with Gasteiger partial charge in [0.15, 0.2) is 5.69 Å². The average Bonchev–Trinajstić information content (AvgIpc) is 3.55. The normalized spacial score (nSPS) is 18.5. The average molecular weight is 562 g/mol. The maximum Gasteiger partial charge on any atom is 0.270 e. The molecule has 12 nitrogen and oxygen atoms in total. The van der Waals surface area contributed by atoms with Crippen LogP contribution in [0.5, 0.6) is 0 Å². The number of benzene rings is 2. The summed E-state index contributed by atoms with van der Waals surface area (Å²) in [5, 5.41) is 20.8. The van der Waals surface area contributed by atoms with Crippen LogP contribution in [0.3, 0.4) is 0 Å². The van der Waals surface area contributed by atoms with Crippen molar-refractivity contribution in [1.29, 1.82) is 0 Å². The number of carbonyl (C=O) groups excluding carboxylic acids is 4. The fourth-order valence-electron chi connectivity index (χ4n) is 5.05. The summed E-state index contributed by atoms with van der Waals surface area (Å²) in [5.41, 5.74) is 13.0. The predicted octanol–water partition coefficient (Wildman–Crippen LogP) is 0.806. The Balaban J connectivity index is 1.51. The number of aromatic nitrogens is 3. The second kappa shape index (κ2) is 11.9. The Morgan fingerprint density at radius 2 is 1.66 bits per heavy atom. The molecule has 4 amide bonds. The third-order valence-electron chi connectivity index (χ3n) is 7.11. The number of nitrogens with two attached hydrogens (primary N) is 2. The zero-order valence-electron chi connectivity index (χ0n) is 23.2. The molecule has 216 valence electrons. The molecule has 1 aromatic heterocycles. The summed E-state index contributed by atoms with van der Waals surface area (Å²) >= 11 is 0.